The highest BCUT2D eigenvalue weighted by atomic mass is 16.1. The number of rotatable bonds is 2. The first kappa shape index (κ1) is 41.3. The summed E-state index contributed by atoms with van der Waals surface area (Å²) >= 11 is 0. The normalized spacial score (nSPS) is 5.67. The van der Waals surface area contributed by atoms with E-state index in [1.54, 1.807) is 6.92 Å². The van der Waals surface area contributed by atoms with Gasteiger partial charge in [0.15, 0.2) is 0 Å². The minimum atomic E-state index is 0. The van der Waals surface area contributed by atoms with Crippen LogP contribution in [0.15, 0.2) is 0 Å². The number of hydrogen-bond acceptors (Lipinski definition) is 1. The predicted octanol–water partition coefficient (Wildman–Crippen LogP) is 4.80. The smallest absolute Gasteiger partial charge is 0.130 e. The van der Waals surface area contributed by atoms with Gasteiger partial charge in [-0.3, -0.25) is 0 Å². The van der Waals surface area contributed by atoms with Crippen molar-refractivity contribution in [3.63, 3.8) is 0 Å². The molecule has 0 unspecified atom stereocenters. The van der Waals surface area contributed by atoms with Crippen LogP contribution in [0.3, 0.4) is 0 Å². The zero-order valence-electron chi connectivity index (χ0n) is 5.19. The van der Waals surface area contributed by atoms with E-state index < -0.39 is 0 Å². The fraction of sp³-hybridized carbons (Fsp3) is 0.909. The number of ketones is 1. The molecule has 0 aliphatic heterocycles. The highest BCUT2D eigenvalue weighted by Crippen LogP contribution is 1.97. The van der Waals surface area contributed by atoms with E-state index in [2.05, 4.69) is 0 Å². The standard InChI is InChI=1S/C6H12O.5CH4/c1-5(2)4-6(3)7;;;;;/h5H,4H2,1-3H3;5*1H4. The number of Topliss-reactive ketones (excluding diaryl/α,β-unsaturated/α-hetero) is 1. The lowest BCUT2D eigenvalue weighted by Gasteiger charge is -1.95. The second-order valence-corrected chi connectivity index (χ2v) is 2.30. The van der Waals surface area contributed by atoms with Crippen LogP contribution in [0.25, 0.3) is 0 Å². The molecular weight excluding hydrogens is 148 g/mol. The van der Waals surface area contributed by atoms with E-state index in [0.717, 1.165) is 6.42 Å². The molecule has 0 heterocycles. The summed E-state index contributed by atoms with van der Waals surface area (Å²) in [5.74, 6) is 0.813. The first-order chi connectivity index (χ1) is 3.13. The zero-order valence-corrected chi connectivity index (χ0v) is 5.19. The fourth-order valence-electron chi connectivity index (χ4n) is 0.575. The SMILES string of the molecule is C.C.C.C.C.CC(=O)CC(C)C. The van der Waals surface area contributed by atoms with Crippen molar-refractivity contribution in [3.05, 3.63) is 0 Å². The molecule has 0 aromatic carbocycles. The number of carbonyl (C=O) groups is 1. The van der Waals surface area contributed by atoms with Crippen LogP contribution in [0.2, 0.25) is 0 Å². The summed E-state index contributed by atoms with van der Waals surface area (Å²) < 4.78 is 0. The quantitative estimate of drug-likeness (QED) is 0.596. The molecule has 0 fully saturated rings. The van der Waals surface area contributed by atoms with E-state index >= 15 is 0 Å². The molecule has 1 nitrogen and oxygen atoms in total. The van der Waals surface area contributed by atoms with Gasteiger partial charge >= 0.3 is 0 Å². The van der Waals surface area contributed by atoms with Gasteiger partial charge in [-0.15, -0.1) is 0 Å². The molecule has 0 aliphatic carbocycles. The summed E-state index contributed by atoms with van der Waals surface area (Å²) in [5.41, 5.74) is 0. The molecule has 0 aromatic heterocycles. The van der Waals surface area contributed by atoms with Gasteiger partial charge in [0.1, 0.15) is 5.78 Å². The summed E-state index contributed by atoms with van der Waals surface area (Å²) in [6.45, 7) is 5.71. The van der Waals surface area contributed by atoms with Crippen molar-refractivity contribution in [2.45, 2.75) is 64.3 Å². The maximum Gasteiger partial charge on any atom is 0.130 e. The molecule has 0 saturated carbocycles. The second kappa shape index (κ2) is 22.4. The van der Waals surface area contributed by atoms with Gasteiger partial charge in [-0.1, -0.05) is 51.0 Å². The molecule has 0 radical (unpaired) electrons. The van der Waals surface area contributed by atoms with Crippen LogP contribution in [0, 0.1) is 5.92 Å². The van der Waals surface area contributed by atoms with Gasteiger partial charge in [0.25, 0.3) is 0 Å². The van der Waals surface area contributed by atoms with Crippen molar-refractivity contribution in [3.8, 4) is 0 Å². The maximum atomic E-state index is 10.3. The Balaban J connectivity index is -0.0000000180. The van der Waals surface area contributed by atoms with E-state index in [4.69, 9.17) is 0 Å². The molecule has 0 rings (SSSR count). The third-order valence-corrected chi connectivity index (χ3v) is 0.696. The van der Waals surface area contributed by atoms with E-state index in [-0.39, 0.29) is 42.9 Å². The first-order valence-electron chi connectivity index (χ1n) is 2.62. The molecule has 0 amide bonds. The van der Waals surface area contributed by atoms with Crippen molar-refractivity contribution in [2.24, 2.45) is 5.92 Å². The summed E-state index contributed by atoms with van der Waals surface area (Å²) in [4.78, 5) is 10.3. The van der Waals surface area contributed by atoms with E-state index in [9.17, 15) is 4.79 Å². The molecule has 82 valence electrons. The minimum Gasteiger partial charge on any atom is -0.300 e. The van der Waals surface area contributed by atoms with Gasteiger partial charge in [0, 0.05) is 6.42 Å². The third-order valence-electron chi connectivity index (χ3n) is 0.696. The number of hydrogen-bond donors (Lipinski definition) is 0. The van der Waals surface area contributed by atoms with E-state index in [1.165, 1.54) is 0 Å². The summed E-state index contributed by atoms with van der Waals surface area (Å²) in [5, 5.41) is 0. The average Bonchev–Trinajstić information content (AvgIpc) is 1.27. The lowest BCUT2D eigenvalue weighted by molar-refractivity contribution is -0.117. The predicted molar refractivity (Wildman–Crippen MR) is 63.8 cm³/mol. The second-order valence-electron chi connectivity index (χ2n) is 2.30. The zero-order chi connectivity index (χ0) is 5.86. The Morgan fingerprint density at radius 2 is 1.25 bits per heavy atom. The van der Waals surface area contributed by atoms with Crippen molar-refractivity contribution in [2.75, 3.05) is 0 Å². The van der Waals surface area contributed by atoms with Crippen LogP contribution < -0.4 is 0 Å². The summed E-state index contributed by atoms with van der Waals surface area (Å²) in [6, 6.07) is 0. The van der Waals surface area contributed by atoms with Gasteiger partial charge in [0.2, 0.25) is 0 Å². The Morgan fingerprint density at radius 3 is 1.25 bits per heavy atom. The van der Waals surface area contributed by atoms with Crippen LogP contribution in [-0.2, 0) is 4.79 Å². The van der Waals surface area contributed by atoms with Gasteiger partial charge in [-0.2, -0.15) is 0 Å². The third kappa shape index (κ3) is 54.0. The van der Waals surface area contributed by atoms with Gasteiger partial charge in [-0.25, -0.2) is 0 Å². The Morgan fingerprint density at radius 1 is 1.00 bits per heavy atom. The van der Waals surface area contributed by atoms with Gasteiger partial charge in [0.05, 0.1) is 0 Å². The monoisotopic (exact) mass is 180 g/mol. The molecule has 1 heteroatoms. The molecule has 0 aliphatic rings. The highest BCUT2D eigenvalue weighted by Gasteiger charge is 1.95. The van der Waals surface area contributed by atoms with Crippen LogP contribution in [0.1, 0.15) is 64.3 Å². The summed E-state index contributed by atoms with van der Waals surface area (Å²) in [7, 11) is 0. The van der Waals surface area contributed by atoms with Crippen LogP contribution >= 0.6 is 0 Å². The molecule has 0 aromatic rings. The Kier molecular flexibility index (Phi) is 77.2. The van der Waals surface area contributed by atoms with E-state index in [0.29, 0.717) is 5.92 Å². The first-order valence-corrected chi connectivity index (χ1v) is 2.62. The Hall–Kier alpha value is -0.330. The molecule has 0 N–H and O–H groups in total. The maximum absolute atomic E-state index is 10.3. The van der Waals surface area contributed by atoms with E-state index in [1.807, 2.05) is 13.8 Å². The molecule has 12 heavy (non-hydrogen) atoms. The van der Waals surface area contributed by atoms with Crippen LogP contribution in [0.5, 0.6) is 0 Å². The van der Waals surface area contributed by atoms with Gasteiger partial charge in [-0.05, 0) is 12.8 Å². The summed E-state index contributed by atoms with van der Waals surface area (Å²) in [6.07, 6.45) is 0.722. The highest BCUT2D eigenvalue weighted by molar-refractivity contribution is 5.75. The fourth-order valence-corrected chi connectivity index (χ4v) is 0.575. The molecule has 0 saturated heterocycles. The van der Waals surface area contributed by atoms with Gasteiger partial charge < -0.3 is 4.79 Å². The Labute approximate surface area is 81.6 Å². The van der Waals surface area contributed by atoms with Crippen molar-refractivity contribution in [1.82, 2.24) is 0 Å². The van der Waals surface area contributed by atoms with Crippen molar-refractivity contribution >= 4 is 5.78 Å². The molecule has 0 spiro atoms. The average molecular weight is 180 g/mol. The Bertz CT molecular complexity index is 65.4. The molecular formula is C11H32O. The van der Waals surface area contributed by atoms with Crippen LogP contribution in [-0.4, -0.2) is 5.78 Å². The lowest BCUT2D eigenvalue weighted by Crippen LogP contribution is -1.95. The largest absolute Gasteiger partial charge is 0.300 e. The molecule has 0 bridgehead atoms. The van der Waals surface area contributed by atoms with Crippen LogP contribution in [0.4, 0.5) is 0 Å². The topological polar surface area (TPSA) is 17.1 Å². The molecule has 0 atom stereocenters. The lowest BCUT2D eigenvalue weighted by atomic mass is 10.1. The minimum absolute atomic E-state index is 0. The number of carbonyl (C=O) groups excluding carboxylic acids is 1. The van der Waals surface area contributed by atoms with Crippen molar-refractivity contribution < 1.29 is 4.79 Å². The van der Waals surface area contributed by atoms with Crippen molar-refractivity contribution in [1.29, 1.82) is 0 Å².